The molecule has 0 atom stereocenters. The lowest BCUT2D eigenvalue weighted by molar-refractivity contribution is -0.149. The summed E-state index contributed by atoms with van der Waals surface area (Å²) in [6, 6.07) is 10.7. The highest BCUT2D eigenvalue weighted by Crippen LogP contribution is 2.25. The highest BCUT2D eigenvalue weighted by atomic mass is 79.9. The molecule has 0 aliphatic heterocycles. The summed E-state index contributed by atoms with van der Waals surface area (Å²) < 4.78 is 11.0. The fraction of sp³-hybridized carbons (Fsp3) is 0.222. The zero-order chi connectivity index (χ0) is 18.4. The summed E-state index contributed by atoms with van der Waals surface area (Å²) in [5.41, 5.74) is 2.62. The Hall–Kier alpha value is -2.05. The number of ether oxygens (including phenoxy) is 2. The van der Waals surface area contributed by atoms with E-state index in [9.17, 15) is 9.59 Å². The lowest BCUT2D eigenvalue weighted by Crippen LogP contribution is -2.23. The molecule has 0 saturated heterocycles. The van der Waals surface area contributed by atoms with Gasteiger partial charge in [0.1, 0.15) is 5.75 Å². The van der Waals surface area contributed by atoms with Crippen LogP contribution in [0.25, 0.3) is 0 Å². The van der Waals surface area contributed by atoms with Crippen LogP contribution in [0, 0.1) is 13.8 Å². The number of hydrogen-bond acceptors (Lipinski definition) is 4. The fourth-order valence-corrected chi connectivity index (χ4v) is 2.72. The maximum absolute atomic E-state index is 11.9. The Morgan fingerprint density at radius 2 is 1.76 bits per heavy atom. The van der Waals surface area contributed by atoms with E-state index < -0.39 is 18.5 Å². The van der Waals surface area contributed by atoms with Crippen LogP contribution < -0.4 is 10.1 Å². The Morgan fingerprint density at radius 1 is 1.08 bits per heavy atom. The van der Waals surface area contributed by atoms with Crippen molar-refractivity contribution in [2.24, 2.45) is 0 Å². The van der Waals surface area contributed by atoms with E-state index in [4.69, 9.17) is 21.1 Å². The minimum atomic E-state index is -0.657. The molecule has 1 amide bonds. The van der Waals surface area contributed by atoms with Gasteiger partial charge in [-0.3, -0.25) is 4.79 Å². The number of carbonyl (C=O) groups is 2. The van der Waals surface area contributed by atoms with Gasteiger partial charge in [-0.25, -0.2) is 4.79 Å². The van der Waals surface area contributed by atoms with E-state index in [0.717, 1.165) is 15.6 Å². The van der Waals surface area contributed by atoms with Crippen molar-refractivity contribution >= 4 is 45.1 Å². The Labute approximate surface area is 159 Å². The topological polar surface area (TPSA) is 64.6 Å². The predicted octanol–water partition coefficient (Wildman–Crippen LogP) is 4.28. The number of amides is 1. The van der Waals surface area contributed by atoms with Gasteiger partial charge in [-0.15, -0.1) is 0 Å². The second-order valence-electron chi connectivity index (χ2n) is 5.41. The van der Waals surface area contributed by atoms with E-state index in [1.807, 2.05) is 32.0 Å². The van der Waals surface area contributed by atoms with Crippen molar-refractivity contribution < 1.29 is 19.1 Å². The number of anilines is 1. The first-order valence-corrected chi connectivity index (χ1v) is 8.63. The first-order valence-electron chi connectivity index (χ1n) is 7.45. The molecule has 2 aromatic rings. The van der Waals surface area contributed by atoms with E-state index >= 15 is 0 Å². The third kappa shape index (κ3) is 6.07. The van der Waals surface area contributed by atoms with Gasteiger partial charge in [0.05, 0.1) is 10.7 Å². The number of rotatable bonds is 6. The van der Waals surface area contributed by atoms with Crippen molar-refractivity contribution in [3.63, 3.8) is 0 Å². The molecule has 2 aromatic carbocycles. The van der Waals surface area contributed by atoms with Crippen molar-refractivity contribution in [3.05, 3.63) is 57.0 Å². The maximum atomic E-state index is 11.9. The molecule has 1 N–H and O–H groups in total. The van der Waals surface area contributed by atoms with Gasteiger partial charge in [0, 0.05) is 4.47 Å². The molecule has 0 heterocycles. The Balaban J connectivity index is 1.79. The monoisotopic (exact) mass is 425 g/mol. The van der Waals surface area contributed by atoms with Crippen LogP contribution in [0.2, 0.25) is 5.02 Å². The molecule has 0 aliphatic rings. The Kier molecular flexibility index (Phi) is 6.84. The summed E-state index contributed by atoms with van der Waals surface area (Å²) in [7, 11) is 0. The van der Waals surface area contributed by atoms with Gasteiger partial charge in [0.25, 0.3) is 5.91 Å². The van der Waals surface area contributed by atoms with Crippen LogP contribution in [0.3, 0.4) is 0 Å². The molecule has 0 spiro atoms. The number of aryl methyl sites for hydroxylation is 2. The van der Waals surface area contributed by atoms with Crippen molar-refractivity contribution in [2.75, 3.05) is 18.5 Å². The quantitative estimate of drug-likeness (QED) is 0.700. The third-order valence-corrected chi connectivity index (χ3v) is 4.16. The minimum Gasteiger partial charge on any atom is -0.480 e. The molecule has 0 bridgehead atoms. The van der Waals surface area contributed by atoms with Gasteiger partial charge in [0.15, 0.2) is 13.2 Å². The Bertz CT molecular complexity index is 795. The van der Waals surface area contributed by atoms with E-state index in [0.29, 0.717) is 16.5 Å². The van der Waals surface area contributed by atoms with Crippen LogP contribution in [0.1, 0.15) is 11.1 Å². The SMILES string of the molecule is Cc1ccc(NC(=O)COC(=O)COc2cc(C)ccc2Cl)c(Br)c1. The average Bonchev–Trinajstić information content (AvgIpc) is 2.56. The van der Waals surface area contributed by atoms with Crippen LogP contribution in [-0.2, 0) is 14.3 Å². The molecule has 0 saturated carbocycles. The van der Waals surface area contributed by atoms with Crippen LogP contribution in [-0.4, -0.2) is 25.1 Å². The van der Waals surface area contributed by atoms with E-state index in [2.05, 4.69) is 21.2 Å². The van der Waals surface area contributed by atoms with Gasteiger partial charge in [-0.1, -0.05) is 23.7 Å². The van der Waals surface area contributed by atoms with E-state index in [-0.39, 0.29) is 6.61 Å². The van der Waals surface area contributed by atoms with Gasteiger partial charge in [0.2, 0.25) is 0 Å². The molecule has 25 heavy (non-hydrogen) atoms. The van der Waals surface area contributed by atoms with Gasteiger partial charge in [-0.05, 0) is 65.2 Å². The standard InChI is InChI=1S/C18H17BrClNO4/c1-11-4-6-15(13(19)7-11)21-17(22)9-25-18(23)10-24-16-8-12(2)3-5-14(16)20/h3-8H,9-10H2,1-2H3,(H,21,22). The molecule has 2 rings (SSSR count). The number of halogens is 2. The lowest BCUT2D eigenvalue weighted by atomic mass is 10.2. The highest BCUT2D eigenvalue weighted by molar-refractivity contribution is 9.10. The zero-order valence-electron chi connectivity index (χ0n) is 13.8. The lowest BCUT2D eigenvalue weighted by Gasteiger charge is -2.10. The van der Waals surface area contributed by atoms with Crippen molar-refractivity contribution in [2.45, 2.75) is 13.8 Å². The number of nitrogens with one attached hydrogen (secondary N) is 1. The molecule has 0 aliphatic carbocycles. The van der Waals surface area contributed by atoms with Gasteiger partial charge >= 0.3 is 5.97 Å². The van der Waals surface area contributed by atoms with Gasteiger partial charge < -0.3 is 14.8 Å². The van der Waals surface area contributed by atoms with Crippen molar-refractivity contribution in [1.29, 1.82) is 0 Å². The molecular formula is C18H17BrClNO4. The summed E-state index contributed by atoms with van der Waals surface area (Å²) in [5.74, 6) is -0.700. The number of benzene rings is 2. The molecule has 0 fully saturated rings. The summed E-state index contributed by atoms with van der Waals surface area (Å²) in [5, 5.41) is 3.06. The normalized spacial score (nSPS) is 10.2. The molecule has 132 valence electrons. The summed E-state index contributed by atoms with van der Waals surface area (Å²) in [4.78, 5) is 23.6. The van der Waals surface area contributed by atoms with Crippen LogP contribution in [0.15, 0.2) is 40.9 Å². The highest BCUT2D eigenvalue weighted by Gasteiger charge is 2.11. The molecule has 0 unspecified atom stereocenters. The second kappa shape index (κ2) is 8.87. The van der Waals surface area contributed by atoms with Gasteiger partial charge in [-0.2, -0.15) is 0 Å². The minimum absolute atomic E-state index is 0.329. The number of hydrogen-bond donors (Lipinski definition) is 1. The summed E-state index contributed by atoms with van der Waals surface area (Å²) in [6.45, 7) is 3.10. The largest absolute Gasteiger partial charge is 0.480 e. The molecule has 7 heteroatoms. The van der Waals surface area contributed by atoms with Crippen LogP contribution in [0.5, 0.6) is 5.75 Å². The molecule has 5 nitrogen and oxygen atoms in total. The molecule has 0 radical (unpaired) electrons. The fourth-order valence-electron chi connectivity index (χ4n) is 1.95. The smallest absolute Gasteiger partial charge is 0.344 e. The zero-order valence-corrected chi connectivity index (χ0v) is 16.1. The Morgan fingerprint density at radius 3 is 2.48 bits per heavy atom. The predicted molar refractivity (Wildman–Crippen MR) is 100 cm³/mol. The average molecular weight is 427 g/mol. The molecule has 0 aromatic heterocycles. The summed E-state index contributed by atoms with van der Waals surface area (Å²) in [6.07, 6.45) is 0. The number of esters is 1. The van der Waals surface area contributed by atoms with E-state index in [1.54, 1.807) is 18.2 Å². The van der Waals surface area contributed by atoms with Crippen molar-refractivity contribution in [1.82, 2.24) is 0 Å². The van der Waals surface area contributed by atoms with E-state index in [1.165, 1.54) is 0 Å². The van der Waals surface area contributed by atoms with Crippen molar-refractivity contribution in [3.8, 4) is 5.75 Å². The third-order valence-electron chi connectivity index (χ3n) is 3.20. The second-order valence-corrected chi connectivity index (χ2v) is 6.68. The summed E-state index contributed by atoms with van der Waals surface area (Å²) >= 11 is 9.34. The maximum Gasteiger partial charge on any atom is 0.344 e. The van der Waals surface area contributed by atoms with Crippen LogP contribution >= 0.6 is 27.5 Å². The number of carbonyl (C=O) groups excluding carboxylic acids is 2. The first kappa shape index (κ1) is 19.3. The van der Waals surface area contributed by atoms with Crippen LogP contribution in [0.4, 0.5) is 5.69 Å². The first-order chi connectivity index (χ1) is 11.8. The molecular weight excluding hydrogens is 410 g/mol.